The first-order valence-electron chi connectivity index (χ1n) is 4.33. The SMILES string of the molecule is C[C@@H]1C[C@@H]2NCCCN2C1. The van der Waals surface area contributed by atoms with Crippen molar-refractivity contribution in [3.8, 4) is 0 Å². The molecular formula is C8H16N2. The van der Waals surface area contributed by atoms with Crippen LogP contribution in [0, 0.1) is 5.92 Å². The molecule has 2 saturated heterocycles. The number of hydrogen-bond donors (Lipinski definition) is 1. The molecule has 0 aliphatic carbocycles. The summed E-state index contributed by atoms with van der Waals surface area (Å²) in [4.78, 5) is 2.58. The molecular weight excluding hydrogens is 124 g/mol. The normalized spacial score (nSPS) is 41.7. The van der Waals surface area contributed by atoms with Gasteiger partial charge in [-0.05, 0) is 25.3 Å². The molecule has 2 heteroatoms. The lowest BCUT2D eigenvalue weighted by Gasteiger charge is -2.30. The van der Waals surface area contributed by atoms with Crippen LogP contribution in [0.4, 0.5) is 0 Å². The fraction of sp³-hybridized carbons (Fsp3) is 1.00. The molecule has 0 radical (unpaired) electrons. The lowest BCUT2D eigenvalue weighted by Crippen LogP contribution is -2.47. The third kappa shape index (κ3) is 1.06. The molecule has 0 unspecified atom stereocenters. The minimum atomic E-state index is 0.726. The second-order valence-corrected chi connectivity index (χ2v) is 3.66. The van der Waals surface area contributed by atoms with E-state index in [1.54, 1.807) is 0 Å². The highest BCUT2D eigenvalue weighted by molar-refractivity contribution is 4.84. The Balaban J connectivity index is 1.97. The van der Waals surface area contributed by atoms with Gasteiger partial charge in [0.15, 0.2) is 0 Å². The first kappa shape index (κ1) is 6.62. The molecule has 1 N–H and O–H groups in total. The van der Waals surface area contributed by atoms with Crippen molar-refractivity contribution < 1.29 is 0 Å². The van der Waals surface area contributed by atoms with Crippen molar-refractivity contribution in [1.82, 2.24) is 10.2 Å². The Kier molecular flexibility index (Phi) is 1.66. The lowest BCUT2D eigenvalue weighted by atomic mass is 10.1. The van der Waals surface area contributed by atoms with E-state index in [4.69, 9.17) is 0 Å². The number of nitrogens with zero attached hydrogens (tertiary/aromatic N) is 1. The van der Waals surface area contributed by atoms with E-state index in [2.05, 4.69) is 17.1 Å². The molecule has 58 valence electrons. The van der Waals surface area contributed by atoms with Gasteiger partial charge in [0.1, 0.15) is 0 Å². The van der Waals surface area contributed by atoms with E-state index in [0.717, 1.165) is 12.1 Å². The Labute approximate surface area is 62.6 Å². The average molecular weight is 140 g/mol. The van der Waals surface area contributed by atoms with E-state index in [-0.39, 0.29) is 0 Å². The van der Waals surface area contributed by atoms with E-state index in [9.17, 15) is 0 Å². The van der Waals surface area contributed by atoms with Crippen LogP contribution in [-0.2, 0) is 0 Å². The first-order chi connectivity index (χ1) is 4.86. The molecule has 10 heavy (non-hydrogen) atoms. The standard InChI is InChI=1S/C8H16N2/c1-7-5-8-9-3-2-4-10(8)6-7/h7-9H,2-6H2,1H3/t7-,8-/m1/s1. The van der Waals surface area contributed by atoms with Gasteiger partial charge < -0.3 is 5.32 Å². The molecule has 0 bridgehead atoms. The Morgan fingerprint density at radius 3 is 3.20 bits per heavy atom. The number of nitrogens with one attached hydrogen (secondary N) is 1. The molecule has 0 aromatic carbocycles. The Hall–Kier alpha value is -0.0800. The molecule has 2 aliphatic rings. The van der Waals surface area contributed by atoms with E-state index in [0.29, 0.717) is 0 Å². The topological polar surface area (TPSA) is 15.3 Å². The van der Waals surface area contributed by atoms with Gasteiger partial charge in [0.2, 0.25) is 0 Å². The zero-order chi connectivity index (χ0) is 6.97. The van der Waals surface area contributed by atoms with Crippen LogP contribution in [-0.4, -0.2) is 30.7 Å². The Morgan fingerprint density at radius 1 is 1.50 bits per heavy atom. The summed E-state index contributed by atoms with van der Waals surface area (Å²) in [6, 6.07) is 0. The maximum absolute atomic E-state index is 3.54. The van der Waals surface area contributed by atoms with Crippen LogP contribution >= 0.6 is 0 Å². The van der Waals surface area contributed by atoms with Crippen molar-refractivity contribution in [2.75, 3.05) is 19.6 Å². The van der Waals surface area contributed by atoms with Crippen LogP contribution in [0.15, 0.2) is 0 Å². The second kappa shape index (κ2) is 2.51. The summed E-state index contributed by atoms with van der Waals surface area (Å²) in [5.41, 5.74) is 0. The van der Waals surface area contributed by atoms with E-state index < -0.39 is 0 Å². The second-order valence-electron chi connectivity index (χ2n) is 3.66. The number of rotatable bonds is 0. The molecule has 0 amide bonds. The van der Waals surface area contributed by atoms with Gasteiger partial charge in [0.25, 0.3) is 0 Å². The molecule has 2 atom stereocenters. The quantitative estimate of drug-likeness (QED) is 0.531. The summed E-state index contributed by atoms with van der Waals surface area (Å²) in [7, 11) is 0. The maximum Gasteiger partial charge on any atom is 0.0600 e. The highest BCUT2D eigenvalue weighted by Crippen LogP contribution is 2.22. The van der Waals surface area contributed by atoms with Gasteiger partial charge >= 0.3 is 0 Å². The smallest absolute Gasteiger partial charge is 0.0600 e. The number of hydrogen-bond acceptors (Lipinski definition) is 2. The van der Waals surface area contributed by atoms with Crippen LogP contribution in [0.25, 0.3) is 0 Å². The maximum atomic E-state index is 3.54. The molecule has 0 aromatic heterocycles. The van der Waals surface area contributed by atoms with Crippen molar-refractivity contribution in [3.05, 3.63) is 0 Å². The van der Waals surface area contributed by atoms with Gasteiger partial charge in [-0.1, -0.05) is 6.92 Å². The van der Waals surface area contributed by atoms with Crippen LogP contribution in [0.3, 0.4) is 0 Å². The Bertz CT molecular complexity index is 110. The van der Waals surface area contributed by atoms with Crippen molar-refractivity contribution in [1.29, 1.82) is 0 Å². The summed E-state index contributed by atoms with van der Waals surface area (Å²) < 4.78 is 0. The van der Waals surface area contributed by atoms with E-state index in [1.165, 1.54) is 32.5 Å². The third-order valence-electron chi connectivity index (χ3n) is 2.61. The predicted molar refractivity (Wildman–Crippen MR) is 41.8 cm³/mol. The van der Waals surface area contributed by atoms with Crippen LogP contribution in [0.1, 0.15) is 19.8 Å². The van der Waals surface area contributed by atoms with Gasteiger partial charge in [-0.15, -0.1) is 0 Å². The van der Waals surface area contributed by atoms with Crippen LogP contribution in [0.2, 0.25) is 0 Å². The van der Waals surface area contributed by atoms with Crippen molar-refractivity contribution >= 4 is 0 Å². The van der Waals surface area contributed by atoms with E-state index in [1.807, 2.05) is 0 Å². The predicted octanol–water partition coefficient (Wildman–Crippen LogP) is 0.648. The van der Waals surface area contributed by atoms with Crippen LogP contribution in [0.5, 0.6) is 0 Å². The van der Waals surface area contributed by atoms with Gasteiger partial charge in [0, 0.05) is 13.1 Å². The zero-order valence-electron chi connectivity index (χ0n) is 6.64. The monoisotopic (exact) mass is 140 g/mol. The summed E-state index contributed by atoms with van der Waals surface area (Å²) in [6.45, 7) is 6.22. The summed E-state index contributed by atoms with van der Waals surface area (Å²) in [5, 5.41) is 3.54. The zero-order valence-corrected chi connectivity index (χ0v) is 6.64. The fourth-order valence-corrected chi connectivity index (χ4v) is 2.14. The summed E-state index contributed by atoms with van der Waals surface area (Å²) >= 11 is 0. The summed E-state index contributed by atoms with van der Waals surface area (Å²) in [5.74, 6) is 0.913. The van der Waals surface area contributed by atoms with Gasteiger partial charge in [0.05, 0.1) is 6.17 Å². The fourth-order valence-electron chi connectivity index (χ4n) is 2.14. The first-order valence-corrected chi connectivity index (χ1v) is 4.33. The molecule has 2 fully saturated rings. The lowest BCUT2D eigenvalue weighted by molar-refractivity contribution is 0.178. The summed E-state index contributed by atoms with van der Waals surface area (Å²) in [6.07, 6.45) is 3.42. The molecule has 0 saturated carbocycles. The van der Waals surface area contributed by atoms with Crippen molar-refractivity contribution in [2.24, 2.45) is 5.92 Å². The third-order valence-corrected chi connectivity index (χ3v) is 2.61. The van der Waals surface area contributed by atoms with Gasteiger partial charge in [-0.3, -0.25) is 4.90 Å². The molecule has 0 aromatic rings. The largest absolute Gasteiger partial charge is 0.302 e. The van der Waals surface area contributed by atoms with Gasteiger partial charge in [-0.25, -0.2) is 0 Å². The molecule has 2 aliphatic heterocycles. The number of fused-ring (bicyclic) bond motifs is 1. The molecule has 2 heterocycles. The van der Waals surface area contributed by atoms with Crippen molar-refractivity contribution in [3.63, 3.8) is 0 Å². The Morgan fingerprint density at radius 2 is 2.40 bits per heavy atom. The van der Waals surface area contributed by atoms with Gasteiger partial charge in [-0.2, -0.15) is 0 Å². The van der Waals surface area contributed by atoms with Crippen molar-refractivity contribution in [2.45, 2.75) is 25.9 Å². The van der Waals surface area contributed by atoms with Crippen LogP contribution < -0.4 is 5.32 Å². The minimum Gasteiger partial charge on any atom is -0.302 e. The van der Waals surface area contributed by atoms with E-state index >= 15 is 0 Å². The molecule has 0 spiro atoms. The highest BCUT2D eigenvalue weighted by Gasteiger charge is 2.30. The molecule has 2 rings (SSSR count). The molecule has 2 nitrogen and oxygen atoms in total. The highest BCUT2D eigenvalue weighted by atomic mass is 15.3. The minimum absolute atomic E-state index is 0.726. The average Bonchev–Trinajstić information content (AvgIpc) is 2.27.